The van der Waals surface area contributed by atoms with Gasteiger partial charge in [-0.2, -0.15) is 13.2 Å². The Morgan fingerprint density at radius 3 is 2.77 bits per heavy atom. The minimum absolute atomic E-state index is 0.118. The fraction of sp³-hybridized carbons (Fsp3) is 0.476. The summed E-state index contributed by atoms with van der Waals surface area (Å²) in [5, 5.41) is 11.0. The van der Waals surface area contributed by atoms with Crippen molar-refractivity contribution in [3.8, 4) is 0 Å². The van der Waals surface area contributed by atoms with Crippen LogP contribution in [0.3, 0.4) is 0 Å². The lowest BCUT2D eigenvalue weighted by molar-refractivity contribution is -0.145. The number of rotatable bonds is 5. The zero-order valence-corrected chi connectivity index (χ0v) is 19.2. The van der Waals surface area contributed by atoms with Crippen LogP contribution >= 0.6 is 15.9 Å². The highest BCUT2D eigenvalue weighted by Crippen LogP contribution is 2.39. The number of imidazole rings is 1. The Labute approximate surface area is 186 Å². The topological polar surface area (TPSA) is 80.0 Å². The van der Waals surface area contributed by atoms with Crippen molar-refractivity contribution in [1.82, 2.24) is 14.9 Å². The van der Waals surface area contributed by atoms with E-state index < -0.39 is 23.8 Å². The number of aromatic nitrogens is 2. The van der Waals surface area contributed by atoms with Gasteiger partial charge in [0, 0.05) is 27.5 Å². The van der Waals surface area contributed by atoms with Gasteiger partial charge in [-0.1, -0.05) is 15.9 Å². The number of hydrogen-bond acceptors (Lipinski definition) is 5. The average Bonchev–Trinajstić information content (AvgIpc) is 3.22. The molecule has 6 nitrogen and oxygen atoms in total. The number of hydrogen-bond donors (Lipinski definition) is 2. The van der Waals surface area contributed by atoms with Crippen molar-refractivity contribution in [1.29, 1.82) is 5.41 Å². The van der Waals surface area contributed by atoms with E-state index in [0.29, 0.717) is 17.7 Å². The van der Waals surface area contributed by atoms with Crippen LogP contribution in [0.1, 0.15) is 51.5 Å². The maximum atomic E-state index is 13.6. The van der Waals surface area contributed by atoms with E-state index in [9.17, 15) is 18.0 Å². The van der Waals surface area contributed by atoms with Gasteiger partial charge in [-0.3, -0.25) is 5.41 Å². The first-order valence-corrected chi connectivity index (χ1v) is 10.6. The van der Waals surface area contributed by atoms with E-state index in [0.717, 1.165) is 24.4 Å². The summed E-state index contributed by atoms with van der Waals surface area (Å²) in [6.07, 6.45) is 0.535. The summed E-state index contributed by atoms with van der Waals surface area (Å²) >= 11 is 3.08. The van der Waals surface area contributed by atoms with Gasteiger partial charge >= 0.3 is 12.1 Å². The fourth-order valence-electron chi connectivity index (χ4n) is 3.75. The number of ether oxygens (including phenoxy) is 1. The summed E-state index contributed by atoms with van der Waals surface area (Å²) < 4.78 is 48.2. The van der Waals surface area contributed by atoms with Crippen LogP contribution in [-0.2, 0) is 21.5 Å². The Hall–Kier alpha value is -2.36. The molecule has 0 aromatic carbocycles. The molecule has 10 heteroatoms. The van der Waals surface area contributed by atoms with Crippen LogP contribution in [0.5, 0.6) is 0 Å². The predicted molar refractivity (Wildman–Crippen MR) is 114 cm³/mol. The van der Waals surface area contributed by atoms with Gasteiger partial charge in [-0.05, 0) is 52.2 Å². The molecule has 0 fully saturated rings. The fourth-order valence-corrected chi connectivity index (χ4v) is 4.17. The van der Waals surface area contributed by atoms with Crippen molar-refractivity contribution >= 4 is 27.6 Å². The van der Waals surface area contributed by atoms with Gasteiger partial charge in [0.1, 0.15) is 0 Å². The molecule has 1 aliphatic heterocycles. The van der Waals surface area contributed by atoms with Crippen LogP contribution in [-0.4, -0.2) is 34.0 Å². The lowest BCUT2D eigenvalue weighted by atomic mass is 9.91. The molecule has 2 N–H and O–H groups in total. The van der Waals surface area contributed by atoms with E-state index in [1.54, 1.807) is 20.2 Å². The van der Waals surface area contributed by atoms with Crippen LogP contribution in [0.25, 0.3) is 0 Å². The largest absolute Gasteiger partial charge is 0.464 e. The average molecular weight is 501 g/mol. The Bertz CT molecular complexity index is 1020. The molecule has 2 aliphatic rings. The molecular weight excluding hydrogens is 477 g/mol. The highest BCUT2D eigenvalue weighted by molar-refractivity contribution is 9.12. The number of fused-ring (bicyclic) bond motifs is 1. The third kappa shape index (κ3) is 4.35. The summed E-state index contributed by atoms with van der Waals surface area (Å²) in [5.74, 6) is -0.640. The molecule has 0 radical (unpaired) electrons. The summed E-state index contributed by atoms with van der Waals surface area (Å²) in [6, 6.07) is -1.09. The third-order valence-corrected chi connectivity index (χ3v) is 6.41. The molecule has 0 saturated heterocycles. The third-order valence-electron chi connectivity index (χ3n) is 5.58. The second kappa shape index (κ2) is 8.29. The maximum Gasteiger partial charge on any atom is 0.417 e. The molecule has 168 valence electrons. The molecule has 1 unspecified atom stereocenters. The van der Waals surface area contributed by atoms with Crippen molar-refractivity contribution in [2.24, 2.45) is 0 Å². The van der Waals surface area contributed by atoms with E-state index in [1.807, 2.05) is 4.57 Å². The van der Waals surface area contributed by atoms with Crippen LogP contribution in [0.2, 0.25) is 0 Å². The van der Waals surface area contributed by atoms with Gasteiger partial charge < -0.3 is 14.6 Å². The van der Waals surface area contributed by atoms with Crippen LogP contribution in [0.15, 0.2) is 39.8 Å². The SMILES string of the molecule is CCOC(=O)C(N/C=C1\C(=N)C(C)=C(Br)C=C1C(F)(F)F)c1ncn2c1CCC2(C)C. The number of carbonyl (C=O) groups is 1. The number of halogens is 4. The van der Waals surface area contributed by atoms with E-state index in [1.165, 1.54) is 0 Å². The summed E-state index contributed by atoms with van der Waals surface area (Å²) in [7, 11) is 0. The minimum Gasteiger partial charge on any atom is -0.464 e. The molecular formula is C21H24BrF3N4O2. The number of esters is 1. The van der Waals surface area contributed by atoms with Crippen molar-refractivity contribution < 1.29 is 22.7 Å². The number of alkyl halides is 3. The smallest absolute Gasteiger partial charge is 0.417 e. The molecule has 0 amide bonds. The van der Waals surface area contributed by atoms with Crippen LogP contribution < -0.4 is 5.32 Å². The Kier molecular flexibility index (Phi) is 6.23. The number of carbonyl (C=O) groups excluding carboxylic acids is 1. The molecule has 31 heavy (non-hydrogen) atoms. The van der Waals surface area contributed by atoms with Gasteiger partial charge in [-0.25, -0.2) is 9.78 Å². The van der Waals surface area contributed by atoms with Crippen molar-refractivity contribution in [3.63, 3.8) is 0 Å². The summed E-state index contributed by atoms with van der Waals surface area (Å²) in [6.45, 7) is 7.44. The van der Waals surface area contributed by atoms with Gasteiger partial charge in [0.25, 0.3) is 0 Å². The first kappa shape index (κ1) is 23.3. The molecule has 0 bridgehead atoms. The summed E-state index contributed by atoms with van der Waals surface area (Å²) in [5.41, 5.74) is -0.136. The first-order chi connectivity index (χ1) is 14.4. The second-order valence-electron chi connectivity index (χ2n) is 8.07. The van der Waals surface area contributed by atoms with Gasteiger partial charge in [0.05, 0.1) is 29.9 Å². The molecule has 1 aromatic rings. The van der Waals surface area contributed by atoms with Gasteiger partial charge in [0.2, 0.25) is 0 Å². The number of nitrogens with zero attached hydrogens (tertiary/aromatic N) is 2. The normalized spacial score (nSPS) is 20.6. The minimum atomic E-state index is -4.67. The maximum absolute atomic E-state index is 13.6. The zero-order chi connectivity index (χ0) is 23.1. The molecule has 1 aromatic heterocycles. The Morgan fingerprint density at radius 2 is 2.16 bits per heavy atom. The Morgan fingerprint density at radius 1 is 1.48 bits per heavy atom. The number of allylic oxidation sites excluding steroid dienone is 5. The molecule has 2 heterocycles. The summed E-state index contributed by atoms with van der Waals surface area (Å²) in [4.78, 5) is 17.1. The number of nitrogens with one attached hydrogen (secondary N) is 2. The van der Waals surface area contributed by atoms with Crippen molar-refractivity contribution in [2.75, 3.05) is 6.61 Å². The first-order valence-electron chi connectivity index (χ1n) is 9.83. The standard InChI is InChI=1S/C21H24BrF3N4O2/c1-5-31-19(30)18(17-15-6-7-20(3,4)29(15)10-28-17)27-9-12-13(21(23,24)25)8-14(22)11(2)16(12)26/h8-10,18,26-27H,5-7H2,1-4H3/b12-9-,26-16?. The van der Waals surface area contributed by atoms with Gasteiger partial charge in [0.15, 0.2) is 6.04 Å². The second-order valence-corrected chi connectivity index (χ2v) is 8.93. The van der Waals surface area contributed by atoms with E-state index in [4.69, 9.17) is 10.1 Å². The highest BCUT2D eigenvalue weighted by atomic mass is 79.9. The lowest BCUT2D eigenvalue weighted by Gasteiger charge is -2.23. The monoisotopic (exact) mass is 500 g/mol. The molecule has 0 spiro atoms. The highest BCUT2D eigenvalue weighted by Gasteiger charge is 2.40. The van der Waals surface area contributed by atoms with E-state index >= 15 is 0 Å². The van der Waals surface area contributed by atoms with Crippen molar-refractivity contribution in [2.45, 2.75) is 58.3 Å². The van der Waals surface area contributed by atoms with Crippen LogP contribution in [0.4, 0.5) is 13.2 Å². The van der Waals surface area contributed by atoms with Gasteiger partial charge in [-0.15, -0.1) is 0 Å². The van der Waals surface area contributed by atoms with Crippen LogP contribution in [0, 0.1) is 5.41 Å². The van der Waals surface area contributed by atoms with Crippen molar-refractivity contribution in [3.05, 3.63) is 51.2 Å². The zero-order valence-electron chi connectivity index (χ0n) is 17.7. The molecule has 0 saturated carbocycles. The molecule has 1 atom stereocenters. The quantitative estimate of drug-likeness (QED) is 0.567. The lowest BCUT2D eigenvalue weighted by Crippen LogP contribution is -2.30. The predicted octanol–water partition coefficient (Wildman–Crippen LogP) is 4.83. The Balaban J connectivity index is 2.02. The molecule has 1 aliphatic carbocycles. The molecule has 3 rings (SSSR count). The van der Waals surface area contributed by atoms with E-state index in [-0.39, 0.29) is 27.9 Å². The van der Waals surface area contributed by atoms with E-state index in [2.05, 4.69) is 40.1 Å².